The number of carboxylic acids is 1. The maximum absolute atomic E-state index is 11.3. The molecule has 26 heavy (non-hydrogen) atoms. The van der Waals surface area contributed by atoms with E-state index in [4.69, 9.17) is 5.26 Å². The topological polar surface area (TPSA) is 103 Å². The molecule has 7 heteroatoms. The first-order chi connectivity index (χ1) is 12.3. The van der Waals surface area contributed by atoms with Crippen molar-refractivity contribution in [1.82, 2.24) is 9.38 Å². The molecule has 2 heterocycles. The molecule has 0 saturated heterocycles. The lowest BCUT2D eigenvalue weighted by Gasteiger charge is -2.15. The van der Waals surface area contributed by atoms with Crippen molar-refractivity contribution in [2.45, 2.75) is 26.2 Å². The van der Waals surface area contributed by atoms with Crippen LogP contribution >= 0.6 is 0 Å². The molecule has 0 amide bonds. The fourth-order valence-corrected chi connectivity index (χ4v) is 2.50. The highest BCUT2D eigenvalue weighted by Gasteiger charge is 2.24. The Balaban J connectivity index is 2.18. The van der Waals surface area contributed by atoms with Crippen LogP contribution in [0.1, 0.15) is 42.4 Å². The number of benzene rings is 1. The summed E-state index contributed by atoms with van der Waals surface area (Å²) in [5.41, 5.74) is 2.16. The Kier molecular flexibility index (Phi) is 4.26. The summed E-state index contributed by atoms with van der Waals surface area (Å²) in [4.78, 5) is 15.9. The number of azo groups is 1. The highest BCUT2D eigenvalue weighted by Crippen LogP contribution is 2.33. The Hall–Kier alpha value is -3.53. The number of nitriles is 1. The Morgan fingerprint density at radius 2 is 2.00 bits per heavy atom. The van der Waals surface area contributed by atoms with E-state index in [2.05, 4.69) is 21.3 Å². The number of carbonyl (C=O) groups is 1. The quantitative estimate of drug-likeness (QED) is 0.698. The first-order valence-corrected chi connectivity index (χ1v) is 7.97. The molecule has 2 aromatic heterocycles. The molecule has 1 aromatic carbocycles. The zero-order valence-corrected chi connectivity index (χ0v) is 14.6. The van der Waals surface area contributed by atoms with Crippen molar-refractivity contribution in [2.75, 3.05) is 0 Å². The van der Waals surface area contributed by atoms with E-state index in [0.717, 1.165) is 0 Å². The molecule has 130 valence electrons. The summed E-state index contributed by atoms with van der Waals surface area (Å²) in [6.45, 7) is 6.01. The molecule has 0 aliphatic rings. The van der Waals surface area contributed by atoms with Gasteiger partial charge in [-0.3, -0.25) is 4.40 Å². The second-order valence-corrected chi connectivity index (χ2v) is 6.85. The van der Waals surface area contributed by atoms with Crippen molar-refractivity contribution >= 4 is 23.1 Å². The van der Waals surface area contributed by atoms with E-state index in [0.29, 0.717) is 28.4 Å². The van der Waals surface area contributed by atoms with Crippen LogP contribution in [-0.4, -0.2) is 20.5 Å². The van der Waals surface area contributed by atoms with Gasteiger partial charge < -0.3 is 5.11 Å². The standard InChI is InChI=1S/C19H17N5O2/c1-19(2,3)16-17(23-22-14-6-4-5-12(9-14)10-20)24-11-13(18(25)26)7-8-15(24)21-16/h4-9,11H,1-3H3,(H,25,26). The van der Waals surface area contributed by atoms with E-state index in [1.165, 1.54) is 12.3 Å². The van der Waals surface area contributed by atoms with Crippen molar-refractivity contribution in [3.63, 3.8) is 0 Å². The molecule has 0 bridgehead atoms. The van der Waals surface area contributed by atoms with Crippen LogP contribution < -0.4 is 0 Å². The summed E-state index contributed by atoms with van der Waals surface area (Å²) in [5.74, 6) is -0.555. The van der Waals surface area contributed by atoms with Crippen molar-refractivity contribution in [3.05, 3.63) is 59.4 Å². The summed E-state index contributed by atoms with van der Waals surface area (Å²) in [5, 5.41) is 26.8. The number of aromatic nitrogens is 2. The maximum atomic E-state index is 11.3. The zero-order valence-electron chi connectivity index (χ0n) is 14.6. The lowest BCUT2D eigenvalue weighted by Crippen LogP contribution is -2.11. The van der Waals surface area contributed by atoms with Gasteiger partial charge in [-0.15, -0.1) is 10.2 Å². The molecule has 3 aromatic rings. The average Bonchev–Trinajstić information content (AvgIpc) is 2.98. The van der Waals surface area contributed by atoms with Crippen LogP contribution in [0.25, 0.3) is 5.65 Å². The van der Waals surface area contributed by atoms with E-state index in [-0.39, 0.29) is 11.0 Å². The third-order valence-electron chi connectivity index (χ3n) is 3.79. The molecular weight excluding hydrogens is 330 g/mol. The number of carboxylic acid groups (broad SMARTS) is 1. The van der Waals surface area contributed by atoms with Crippen LogP contribution in [0.4, 0.5) is 11.5 Å². The number of rotatable bonds is 3. The Morgan fingerprint density at radius 3 is 2.65 bits per heavy atom. The van der Waals surface area contributed by atoms with Gasteiger partial charge in [-0.25, -0.2) is 9.78 Å². The molecule has 3 rings (SSSR count). The Morgan fingerprint density at radius 1 is 1.23 bits per heavy atom. The Bertz CT molecular complexity index is 1070. The summed E-state index contributed by atoms with van der Waals surface area (Å²) in [6.07, 6.45) is 1.49. The van der Waals surface area contributed by atoms with Gasteiger partial charge in [-0.05, 0) is 30.3 Å². The predicted octanol–water partition coefficient (Wildman–Crippen LogP) is 4.62. The van der Waals surface area contributed by atoms with E-state index < -0.39 is 5.97 Å². The number of hydrogen-bond acceptors (Lipinski definition) is 5. The van der Waals surface area contributed by atoms with Gasteiger partial charge in [-0.2, -0.15) is 5.26 Å². The van der Waals surface area contributed by atoms with E-state index in [1.807, 2.05) is 20.8 Å². The Labute approximate surface area is 150 Å². The van der Waals surface area contributed by atoms with E-state index in [9.17, 15) is 9.90 Å². The van der Waals surface area contributed by atoms with Gasteiger partial charge in [0.2, 0.25) is 0 Å². The van der Waals surface area contributed by atoms with Crippen molar-refractivity contribution in [2.24, 2.45) is 10.2 Å². The molecule has 0 saturated carbocycles. The monoisotopic (exact) mass is 347 g/mol. The number of hydrogen-bond donors (Lipinski definition) is 1. The van der Waals surface area contributed by atoms with Gasteiger partial charge >= 0.3 is 5.97 Å². The molecule has 7 nitrogen and oxygen atoms in total. The number of nitrogens with zero attached hydrogens (tertiary/aromatic N) is 5. The van der Waals surface area contributed by atoms with Gasteiger partial charge in [-0.1, -0.05) is 26.8 Å². The fourth-order valence-electron chi connectivity index (χ4n) is 2.50. The predicted molar refractivity (Wildman–Crippen MR) is 96.2 cm³/mol. The number of fused-ring (bicyclic) bond motifs is 1. The molecule has 0 spiro atoms. The molecule has 0 fully saturated rings. The van der Waals surface area contributed by atoms with Crippen molar-refractivity contribution in [1.29, 1.82) is 5.26 Å². The zero-order chi connectivity index (χ0) is 18.9. The minimum Gasteiger partial charge on any atom is -0.478 e. The SMILES string of the molecule is CC(C)(C)c1nc2ccc(C(=O)O)cn2c1N=Nc1cccc(C#N)c1. The smallest absolute Gasteiger partial charge is 0.337 e. The molecular formula is C19H17N5O2. The van der Waals surface area contributed by atoms with Gasteiger partial charge in [0, 0.05) is 11.6 Å². The number of pyridine rings is 1. The highest BCUT2D eigenvalue weighted by atomic mass is 16.4. The second kappa shape index (κ2) is 6.41. The van der Waals surface area contributed by atoms with Crippen LogP contribution in [0.2, 0.25) is 0 Å². The molecule has 0 atom stereocenters. The average molecular weight is 347 g/mol. The summed E-state index contributed by atoms with van der Waals surface area (Å²) < 4.78 is 1.63. The number of aromatic carboxylic acids is 1. The van der Waals surface area contributed by atoms with Gasteiger partial charge in [0.1, 0.15) is 5.65 Å². The normalized spacial score (nSPS) is 11.8. The molecule has 1 N–H and O–H groups in total. The lowest BCUT2D eigenvalue weighted by atomic mass is 9.92. The lowest BCUT2D eigenvalue weighted by molar-refractivity contribution is 0.0696. The van der Waals surface area contributed by atoms with Crippen LogP contribution in [0.5, 0.6) is 0 Å². The molecule has 0 aliphatic heterocycles. The first kappa shape index (κ1) is 17.3. The van der Waals surface area contributed by atoms with Crippen LogP contribution in [0.3, 0.4) is 0 Å². The maximum Gasteiger partial charge on any atom is 0.337 e. The minimum atomic E-state index is -1.03. The molecule has 0 unspecified atom stereocenters. The van der Waals surface area contributed by atoms with E-state index >= 15 is 0 Å². The van der Waals surface area contributed by atoms with Crippen molar-refractivity contribution in [3.8, 4) is 6.07 Å². The fraction of sp³-hybridized carbons (Fsp3) is 0.211. The third-order valence-corrected chi connectivity index (χ3v) is 3.79. The third kappa shape index (κ3) is 3.30. The van der Waals surface area contributed by atoms with E-state index in [1.54, 1.807) is 34.7 Å². The largest absolute Gasteiger partial charge is 0.478 e. The molecule has 0 aliphatic carbocycles. The van der Waals surface area contributed by atoms with Gasteiger partial charge in [0.05, 0.1) is 28.6 Å². The van der Waals surface area contributed by atoms with Gasteiger partial charge in [0.25, 0.3) is 0 Å². The summed E-state index contributed by atoms with van der Waals surface area (Å²) >= 11 is 0. The van der Waals surface area contributed by atoms with Gasteiger partial charge in [0.15, 0.2) is 5.82 Å². The van der Waals surface area contributed by atoms with Crippen LogP contribution in [0, 0.1) is 11.3 Å². The number of imidazole rings is 1. The molecule has 0 radical (unpaired) electrons. The summed E-state index contributed by atoms with van der Waals surface area (Å²) in [7, 11) is 0. The van der Waals surface area contributed by atoms with Crippen molar-refractivity contribution < 1.29 is 9.90 Å². The van der Waals surface area contributed by atoms with Crippen LogP contribution in [0.15, 0.2) is 52.8 Å². The minimum absolute atomic E-state index is 0.137. The second-order valence-electron chi connectivity index (χ2n) is 6.85. The highest BCUT2D eigenvalue weighted by molar-refractivity contribution is 5.87. The first-order valence-electron chi connectivity index (χ1n) is 7.97. The summed E-state index contributed by atoms with van der Waals surface area (Å²) in [6, 6.07) is 12.0. The van der Waals surface area contributed by atoms with Crippen LogP contribution in [-0.2, 0) is 5.41 Å².